The third-order valence-corrected chi connectivity index (χ3v) is 2.00. The number of ether oxygens (including phenoxy) is 1. The van der Waals surface area contributed by atoms with Crippen LogP contribution in [-0.4, -0.2) is 12.4 Å². The molecule has 1 rings (SSSR count). The smallest absolute Gasteiger partial charge is 0.159 e. The molecule has 2 nitrogen and oxygen atoms in total. The fourth-order valence-corrected chi connectivity index (χ4v) is 1.40. The van der Waals surface area contributed by atoms with Gasteiger partial charge >= 0.3 is 0 Å². The Kier molecular flexibility index (Phi) is 3.85. The summed E-state index contributed by atoms with van der Waals surface area (Å²) < 4.78 is 5.33. The summed E-state index contributed by atoms with van der Waals surface area (Å²) in [6.45, 7) is 2.61. The highest BCUT2D eigenvalue weighted by Crippen LogP contribution is 2.15. The fraction of sp³-hybridized carbons (Fsp3) is 0.700. The normalized spacial score (nSPS) is 19.4. The summed E-state index contributed by atoms with van der Waals surface area (Å²) in [7, 11) is 0. The van der Waals surface area contributed by atoms with Crippen molar-refractivity contribution in [2.45, 2.75) is 39.0 Å². The Bertz CT molecular complexity index is 182. The van der Waals surface area contributed by atoms with Crippen molar-refractivity contribution in [3.63, 3.8) is 0 Å². The number of carbonyl (C=O) groups excluding carboxylic acids is 1. The number of rotatable bonds is 2. The van der Waals surface area contributed by atoms with Gasteiger partial charge in [-0.1, -0.05) is 6.42 Å². The van der Waals surface area contributed by atoms with E-state index in [1.54, 1.807) is 6.08 Å². The molecule has 0 atom stereocenters. The lowest BCUT2D eigenvalue weighted by molar-refractivity contribution is -0.115. The minimum absolute atomic E-state index is 0.221. The minimum atomic E-state index is 0.221. The number of ketones is 1. The van der Waals surface area contributed by atoms with Gasteiger partial charge in [-0.2, -0.15) is 0 Å². The van der Waals surface area contributed by atoms with E-state index in [-0.39, 0.29) is 5.78 Å². The zero-order valence-corrected chi connectivity index (χ0v) is 7.64. The summed E-state index contributed by atoms with van der Waals surface area (Å²) in [5.74, 6) is 1.10. The first-order chi connectivity index (χ1) is 5.83. The minimum Gasteiger partial charge on any atom is -0.498 e. The lowest BCUT2D eigenvalue weighted by atomic mass is 10.0. The Labute approximate surface area is 73.6 Å². The second-order valence-electron chi connectivity index (χ2n) is 3.07. The van der Waals surface area contributed by atoms with Crippen molar-refractivity contribution in [2.75, 3.05) is 6.61 Å². The molecule has 0 radical (unpaired) electrons. The van der Waals surface area contributed by atoms with Gasteiger partial charge in [0.15, 0.2) is 5.78 Å². The van der Waals surface area contributed by atoms with Crippen LogP contribution in [0.3, 0.4) is 0 Å². The van der Waals surface area contributed by atoms with Crippen LogP contribution < -0.4 is 0 Å². The molecule has 1 aliphatic carbocycles. The first kappa shape index (κ1) is 9.30. The average molecular weight is 168 g/mol. The fourth-order valence-electron chi connectivity index (χ4n) is 1.40. The van der Waals surface area contributed by atoms with Crippen LogP contribution in [0.1, 0.15) is 39.0 Å². The van der Waals surface area contributed by atoms with E-state index in [4.69, 9.17) is 4.74 Å². The van der Waals surface area contributed by atoms with E-state index in [1.165, 1.54) is 0 Å². The summed E-state index contributed by atoms with van der Waals surface area (Å²) >= 11 is 0. The first-order valence-corrected chi connectivity index (χ1v) is 4.69. The Hall–Kier alpha value is -0.790. The molecule has 1 aliphatic rings. The number of carbonyl (C=O) groups is 1. The Morgan fingerprint density at radius 1 is 1.33 bits per heavy atom. The molecule has 0 aromatic carbocycles. The molecule has 0 aliphatic heterocycles. The van der Waals surface area contributed by atoms with Gasteiger partial charge in [0.05, 0.1) is 12.4 Å². The van der Waals surface area contributed by atoms with Crippen LogP contribution in [0.4, 0.5) is 0 Å². The van der Waals surface area contributed by atoms with Crippen LogP contribution in [0, 0.1) is 0 Å². The average Bonchev–Trinajstić information content (AvgIpc) is 2.00. The van der Waals surface area contributed by atoms with Crippen LogP contribution in [0.15, 0.2) is 11.8 Å². The largest absolute Gasteiger partial charge is 0.498 e. The zero-order chi connectivity index (χ0) is 8.81. The lowest BCUT2D eigenvalue weighted by Gasteiger charge is -2.10. The molecule has 0 fully saturated rings. The molecular weight excluding hydrogens is 152 g/mol. The summed E-state index contributed by atoms with van der Waals surface area (Å²) in [6, 6.07) is 0. The van der Waals surface area contributed by atoms with Crippen LogP contribution >= 0.6 is 0 Å². The molecule has 0 saturated carbocycles. The van der Waals surface area contributed by atoms with E-state index in [0.29, 0.717) is 13.0 Å². The van der Waals surface area contributed by atoms with Gasteiger partial charge in [-0.3, -0.25) is 4.79 Å². The van der Waals surface area contributed by atoms with Gasteiger partial charge in [0.2, 0.25) is 0 Å². The van der Waals surface area contributed by atoms with Crippen molar-refractivity contribution < 1.29 is 9.53 Å². The van der Waals surface area contributed by atoms with Gasteiger partial charge < -0.3 is 4.74 Å². The van der Waals surface area contributed by atoms with Crippen LogP contribution in [-0.2, 0) is 9.53 Å². The molecule has 2 heteroatoms. The summed E-state index contributed by atoms with van der Waals surface area (Å²) in [5, 5.41) is 0. The zero-order valence-electron chi connectivity index (χ0n) is 7.64. The lowest BCUT2D eigenvalue weighted by Crippen LogP contribution is -2.02. The molecule has 12 heavy (non-hydrogen) atoms. The summed E-state index contributed by atoms with van der Waals surface area (Å²) in [4.78, 5) is 11.2. The van der Waals surface area contributed by atoms with Crippen molar-refractivity contribution in [1.82, 2.24) is 0 Å². The van der Waals surface area contributed by atoms with E-state index in [9.17, 15) is 4.79 Å². The van der Waals surface area contributed by atoms with E-state index in [0.717, 1.165) is 31.4 Å². The van der Waals surface area contributed by atoms with Crippen molar-refractivity contribution >= 4 is 5.78 Å². The second-order valence-corrected chi connectivity index (χ2v) is 3.07. The third-order valence-electron chi connectivity index (χ3n) is 2.00. The van der Waals surface area contributed by atoms with Crippen LogP contribution in [0.25, 0.3) is 0 Å². The van der Waals surface area contributed by atoms with E-state index < -0.39 is 0 Å². The molecule has 0 saturated heterocycles. The summed E-state index contributed by atoms with van der Waals surface area (Å²) in [5.41, 5.74) is 0. The molecule has 0 bridgehead atoms. The number of hydrogen-bond acceptors (Lipinski definition) is 2. The van der Waals surface area contributed by atoms with Gasteiger partial charge in [0, 0.05) is 18.9 Å². The van der Waals surface area contributed by atoms with Crippen LogP contribution in [0.2, 0.25) is 0 Å². The maximum atomic E-state index is 11.2. The second kappa shape index (κ2) is 4.96. The predicted molar refractivity (Wildman–Crippen MR) is 47.8 cm³/mol. The van der Waals surface area contributed by atoms with E-state index >= 15 is 0 Å². The van der Waals surface area contributed by atoms with Crippen molar-refractivity contribution in [3.8, 4) is 0 Å². The topological polar surface area (TPSA) is 26.3 Å². The van der Waals surface area contributed by atoms with Crippen molar-refractivity contribution in [2.24, 2.45) is 0 Å². The Morgan fingerprint density at radius 2 is 2.08 bits per heavy atom. The quantitative estimate of drug-likeness (QED) is 0.633. The molecule has 68 valence electrons. The predicted octanol–water partition coefficient (Wildman–Crippen LogP) is 2.44. The van der Waals surface area contributed by atoms with Gasteiger partial charge in [-0.05, 0) is 19.8 Å². The molecule has 0 N–H and O–H groups in total. The van der Waals surface area contributed by atoms with Crippen molar-refractivity contribution in [1.29, 1.82) is 0 Å². The Balaban J connectivity index is 2.53. The van der Waals surface area contributed by atoms with Gasteiger partial charge in [-0.15, -0.1) is 0 Å². The maximum absolute atomic E-state index is 11.2. The highest BCUT2D eigenvalue weighted by Gasteiger charge is 2.07. The highest BCUT2D eigenvalue weighted by molar-refractivity contribution is 5.90. The monoisotopic (exact) mass is 168 g/mol. The molecule has 0 aromatic rings. The molecular formula is C10H16O2. The molecule has 0 aromatic heterocycles. The SMILES string of the molecule is CCOC1=CC(=O)CCCCC1. The van der Waals surface area contributed by atoms with Gasteiger partial charge in [0.1, 0.15) is 0 Å². The summed E-state index contributed by atoms with van der Waals surface area (Å²) in [6.07, 6.45) is 6.63. The number of allylic oxidation sites excluding steroid dienone is 2. The molecule has 0 unspecified atom stereocenters. The third kappa shape index (κ3) is 3.07. The molecule has 0 heterocycles. The van der Waals surface area contributed by atoms with E-state index in [2.05, 4.69) is 0 Å². The Morgan fingerprint density at radius 3 is 2.83 bits per heavy atom. The first-order valence-electron chi connectivity index (χ1n) is 4.69. The molecule has 0 spiro atoms. The van der Waals surface area contributed by atoms with Crippen molar-refractivity contribution in [3.05, 3.63) is 11.8 Å². The van der Waals surface area contributed by atoms with E-state index in [1.807, 2.05) is 6.92 Å². The van der Waals surface area contributed by atoms with Crippen LogP contribution in [0.5, 0.6) is 0 Å². The molecule has 0 amide bonds. The maximum Gasteiger partial charge on any atom is 0.159 e. The van der Waals surface area contributed by atoms with Gasteiger partial charge in [-0.25, -0.2) is 0 Å². The standard InChI is InChI=1S/C10H16O2/c1-2-12-10-7-5-3-4-6-9(11)8-10/h8H,2-7H2,1H3. The van der Waals surface area contributed by atoms with Gasteiger partial charge in [0.25, 0.3) is 0 Å². The number of hydrogen-bond donors (Lipinski definition) is 0. The highest BCUT2D eigenvalue weighted by atomic mass is 16.5.